The number of aromatic nitrogens is 1. The van der Waals surface area contributed by atoms with Crippen molar-refractivity contribution in [1.29, 1.82) is 0 Å². The van der Waals surface area contributed by atoms with Crippen LogP contribution in [-0.2, 0) is 24.2 Å². The summed E-state index contributed by atoms with van der Waals surface area (Å²) < 4.78 is 0. The molecule has 1 amide bonds. The van der Waals surface area contributed by atoms with Crippen molar-refractivity contribution in [2.45, 2.75) is 19.4 Å². The number of benzene rings is 1. The number of ketones is 1. The van der Waals surface area contributed by atoms with Crippen molar-refractivity contribution in [2.75, 3.05) is 0 Å². The zero-order chi connectivity index (χ0) is 13.9. The van der Waals surface area contributed by atoms with Crippen molar-refractivity contribution in [3.8, 4) is 0 Å². The maximum atomic E-state index is 12.1. The first-order valence-corrected chi connectivity index (χ1v) is 6.53. The Morgan fingerprint density at radius 1 is 1.20 bits per heavy atom. The van der Waals surface area contributed by atoms with Gasteiger partial charge < -0.3 is 5.32 Å². The highest BCUT2D eigenvalue weighted by Crippen LogP contribution is 2.20. The SMILES string of the molecule is O=C1Cc2ccc(C(=O)NCc3cccnc3)cc2C1. The number of Topliss-reactive ketones (excluding diaryl/α,β-unsaturated/α-hetero) is 1. The number of amides is 1. The van der Waals surface area contributed by atoms with E-state index in [4.69, 9.17) is 0 Å². The normalized spacial score (nSPS) is 13.1. The molecule has 2 aromatic rings. The molecule has 0 bridgehead atoms. The van der Waals surface area contributed by atoms with Crippen LogP contribution in [0.15, 0.2) is 42.7 Å². The third-order valence-electron chi connectivity index (χ3n) is 3.42. The molecule has 4 heteroatoms. The molecule has 20 heavy (non-hydrogen) atoms. The lowest BCUT2D eigenvalue weighted by Crippen LogP contribution is -2.22. The lowest BCUT2D eigenvalue weighted by atomic mass is 10.1. The zero-order valence-electron chi connectivity index (χ0n) is 10.9. The average molecular weight is 266 g/mol. The lowest BCUT2D eigenvalue weighted by molar-refractivity contribution is -0.117. The van der Waals surface area contributed by atoms with Gasteiger partial charge in [-0.05, 0) is 34.9 Å². The predicted molar refractivity (Wildman–Crippen MR) is 74.3 cm³/mol. The van der Waals surface area contributed by atoms with Crippen LogP contribution in [0, 0.1) is 0 Å². The van der Waals surface area contributed by atoms with Gasteiger partial charge in [0.15, 0.2) is 0 Å². The van der Waals surface area contributed by atoms with E-state index in [9.17, 15) is 9.59 Å². The van der Waals surface area contributed by atoms with Crippen molar-refractivity contribution < 1.29 is 9.59 Å². The Hall–Kier alpha value is -2.49. The highest BCUT2D eigenvalue weighted by molar-refractivity contribution is 5.96. The molecule has 1 aliphatic rings. The highest BCUT2D eigenvalue weighted by atomic mass is 16.1. The zero-order valence-corrected chi connectivity index (χ0v) is 10.9. The number of carbonyl (C=O) groups is 2. The molecule has 0 atom stereocenters. The van der Waals surface area contributed by atoms with Crippen molar-refractivity contribution in [1.82, 2.24) is 10.3 Å². The molecule has 0 radical (unpaired) electrons. The van der Waals surface area contributed by atoms with E-state index in [1.165, 1.54) is 0 Å². The van der Waals surface area contributed by atoms with Gasteiger partial charge in [0.05, 0.1) is 0 Å². The third-order valence-corrected chi connectivity index (χ3v) is 3.42. The lowest BCUT2D eigenvalue weighted by Gasteiger charge is -2.06. The fourth-order valence-electron chi connectivity index (χ4n) is 2.38. The molecule has 0 unspecified atom stereocenters. The van der Waals surface area contributed by atoms with Crippen LogP contribution >= 0.6 is 0 Å². The van der Waals surface area contributed by atoms with E-state index in [-0.39, 0.29) is 11.7 Å². The van der Waals surface area contributed by atoms with Crippen LogP contribution < -0.4 is 5.32 Å². The maximum Gasteiger partial charge on any atom is 0.251 e. The monoisotopic (exact) mass is 266 g/mol. The molecule has 1 heterocycles. The van der Waals surface area contributed by atoms with Gasteiger partial charge in [-0.1, -0.05) is 12.1 Å². The number of nitrogens with one attached hydrogen (secondary N) is 1. The first-order valence-electron chi connectivity index (χ1n) is 6.53. The van der Waals surface area contributed by atoms with Crippen molar-refractivity contribution >= 4 is 11.7 Å². The van der Waals surface area contributed by atoms with E-state index in [0.717, 1.165) is 16.7 Å². The number of carbonyl (C=O) groups excluding carboxylic acids is 2. The van der Waals surface area contributed by atoms with Crippen molar-refractivity contribution in [2.24, 2.45) is 0 Å². The van der Waals surface area contributed by atoms with Gasteiger partial charge in [0.2, 0.25) is 0 Å². The third kappa shape index (κ3) is 2.59. The Morgan fingerprint density at radius 3 is 2.85 bits per heavy atom. The molecule has 4 nitrogen and oxygen atoms in total. The standard InChI is InChI=1S/C16H14N2O2/c19-15-7-12-3-4-13(6-14(12)8-15)16(20)18-10-11-2-1-5-17-9-11/h1-6,9H,7-8,10H2,(H,18,20). The summed E-state index contributed by atoms with van der Waals surface area (Å²) >= 11 is 0. The van der Waals surface area contributed by atoms with Gasteiger partial charge in [-0.2, -0.15) is 0 Å². The summed E-state index contributed by atoms with van der Waals surface area (Å²) in [7, 11) is 0. The van der Waals surface area contributed by atoms with Crippen LogP contribution in [-0.4, -0.2) is 16.7 Å². The molecule has 1 N–H and O–H groups in total. The summed E-state index contributed by atoms with van der Waals surface area (Å²) in [6.07, 6.45) is 4.36. The number of pyridine rings is 1. The van der Waals surface area contributed by atoms with Crippen LogP contribution in [0.3, 0.4) is 0 Å². The van der Waals surface area contributed by atoms with E-state index in [1.54, 1.807) is 18.5 Å². The summed E-state index contributed by atoms with van der Waals surface area (Å²) in [6, 6.07) is 9.21. The van der Waals surface area contributed by atoms with Crippen LogP contribution in [0.5, 0.6) is 0 Å². The minimum Gasteiger partial charge on any atom is -0.348 e. The second-order valence-corrected chi connectivity index (χ2v) is 4.92. The summed E-state index contributed by atoms with van der Waals surface area (Å²) in [5.74, 6) is 0.0870. The van der Waals surface area contributed by atoms with E-state index in [0.29, 0.717) is 24.9 Å². The fraction of sp³-hybridized carbons (Fsp3) is 0.188. The molecule has 1 aliphatic carbocycles. The van der Waals surface area contributed by atoms with Gasteiger partial charge in [-0.3, -0.25) is 14.6 Å². The highest BCUT2D eigenvalue weighted by Gasteiger charge is 2.19. The second-order valence-electron chi connectivity index (χ2n) is 4.92. The summed E-state index contributed by atoms with van der Waals surface area (Å²) in [6.45, 7) is 0.447. The first kappa shape index (κ1) is 12.5. The van der Waals surface area contributed by atoms with Gasteiger partial charge in [0, 0.05) is 37.3 Å². The number of fused-ring (bicyclic) bond motifs is 1. The van der Waals surface area contributed by atoms with E-state index in [1.807, 2.05) is 24.3 Å². The van der Waals surface area contributed by atoms with Crippen molar-refractivity contribution in [3.63, 3.8) is 0 Å². The molecular formula is C16H14N2O2. The van der Waals surface area contributed by atoms with Crippen LogP contribution in [0.4, 0.5) is 0 Å². The molecule has 0 aliphatic heterocycles. The number of hydrogen-bond acceptors (Lipinski definition) is 3. The fourth-order valence-corrected chi connectivity index (χ4v) is 2.38. The molecule has 0 saturated heterocycles. The minimum atomic E-state index is -0.129. The van der Waals surface area contributed by atoms with E-state index >= 15 is 0 Å². The molecule has 3 rings (SSSR count). The van der Waals surface area contributed by atoms with Crippen LogP contribution in [0.1, 0.15) is 27.0 Å². The van der Waals surface area contributed by atoms with Crippen molar-refractivity contribution in [3.05, 3.63) is 65.0 Å². The number of hydrogen-bond donors (Lipinski definition) is 1. The van der Waals surface area contributed by atoms with Gasteiger partial charge in [0.25, 0.3) is 5.91 Å². The Labute approximate surface area is 116 Å². The first-order chi connectivity index (χ1) is 9.72. The Balaban J connectivity index is 1.69. The maximum absolute atomic E-state index is 12.1. The smallest absolute Gasteiger partial charge is 0.251 e. The predicted octanol–water partition coefficient (Wildman–Crippen LogP) is 1.68. The minimum absolute atomic E-state index is 0.129. The quantitative estimate of drug-likeness (QED) is 0.919. The Morgan fingerprint density at radius 2 is 2.05 bits per heavy atom. The molecule has 0 saturated carbocycles. The topological polar surface area (TPSA) is 59.1 Å². The average Bonchev–Trinajstić information content (AvgIpc) is 2.85. The van der Waals surface area contributed by atoms with E-state index < -0.39 is 0 Å². The molecule has 1 aromatic carbocycles. The van der Waals surface area contributed by atoms with Gasteiger partial charge >= 0.3 is 0 Å². The number of nitrogens with zero attached hydrogens (tertiary/aromatic N) is 1. The largest absolute Gasteiger partial charge is 0.348 e. The summed E-state index contributed by atoms with van der Waals surface area (Å²) in [5, 5.41) is 2.85. The van der Waals surface area contributed by atoms with Gasteiger partial charge in [0.1, 0.15) is 5.78 Å². The van der Waals surface area contributed by atoms with Crippen LogP contribution in [0.2, 0.25) is 0 Å². The van der Waals surface area contributed by atoms with E-state index in [2.05, 4.69) is 10.3 Å². The van der Waals surface area contributed by atoms with Gasteiger partial charge in [-0.15, -0.1) is 0 Å². The second kappa shape index (κ2) is 5.25. The van der Waals surface area contributed by atoms with Crippen LogP contribution in [0.25, 0.3) is 0 Å². The number of rotatable bonds is 3. The Bertz CT molecular complexity index is 665. The molecular weight excluding hydrogens is 252 g/mol. The summed E-state index contributed by atoms with van der Waals surface area (Å²) in [5.41, 5.74) is 3.57. The Kier molecular flexibility index (Phi) is 3.29. The van der Waals surface area contributed by atoms with Gasteiger partial charge in [-0.25, -0.2) is 0 Å². The molecule has 1 aromatic heterocycles. The summed E-state index contributed by atoms with van der Waals surface area (Å²) in [4.78, 5) is 27.5. The molecule has 100 valence electrons. The molecule has 0 spiro atoms. The molecule has 0 fully saturated rings.